The van der Waals surface area contributed by atoms with Gasteiger partial charge in [-0.25, -0.2) is 9.97 Å². The Labute approximate surface area is 190 Å². The lowest BCUT2D eigenvalue weighted by Gasteiger charge is -2.31. The molecule has 0 spiro atoms. The Bertz CT molecular complexity index is 1130. The Morgan fingerprint density at radius 2 is 1.91 bits per heavy atom. The SMILES string of the molecule is Cc1cnc(NC(=O)c2csc(C3CCN(C(=O)c4ccccc4C(F)(F)F)CC3)n2)s1. The van der Waals surface area contributed by atoms with E-state index < -0.39 is 17.6 Å². The number of alkyl halides is 3. The van der Waals surface area contributed by atoms with Crippen LogP contribution in [0.5, 0.6) is 0 Å². The van der Waals surface area contributed by atoms with E-state index in [4.69, 9.17) is 0 Å². The van der Waals surface area contributed by atoms with Crippen LogP contribution in [0.4, 0.5) is 18.3 Å². The van der Waals surface area contributed by atoms with Crippen LogP contribution in [0, 0.1) is 6.92 Å². The molecule has 1 aromatic carbocycles. The van der Waals surface area contributed by atoms with Gasteiger partial charge in [-0.05, 0) is 31.9 Å². The first-order valence-corrected chi connectivity index (χ1v) is 11.6. The third-order valence-electron chi connectivity index (χ3n) is 5.19. The Morgan fingerprint density at radius 3 is 2.56 bits per heavy atom. The molecule has 1 N–H and O–H groups in total. The van der Waals surface area contributed by atoms with Crippen LogP contribution < -0.4 is 5.32 Å². The average molecular weight is 481 g/mol. The van der Waals surface area contributed by atoms with E-state index >= 15 is 0 Å². The van der Waals surface area contributed by atoms with E-state index in [1.165, 1.54) is 45.8 Å². The molecule has 3 heterocycles. The molecular formula is C21H19F3N4O2S2. The molecule has 4 rings (SSSR count). The van der Waals surface area contributed by atoms with Gasteiger partial charge in [-0.1, -0.05) is 12.1 Å². The summed E-state index contributed by atoms with van der Waals surface area (Å²) >= 11 is 2.74. The second kappa shape index (κ2) is 8.99. The van der Waals surface area contributed by atoms with Crippen LogP contribution in [0.25, 0.3) is 0 Å². The molecule has 6 nitrogen and oxygen atoms in total. The van der Waals surface area contributed by atoms with Crippen molar-refractivity contribution < 1.29 is 22.8 Å². The third-order valence-corrected chi connectivity index (χ3v) is 7.03. The summed E-state index contributed by atoms with van der Waals surface area (Å²) < 4.78 is 39.8. The number of hydrogen-bond acceptors (Lipinski definition) is 6. The van der Waals surface area contributed by atoms with Crippen LogP contribution in [0.2, 0.25) is 0 Å². The van der Waals surface area contributed by atoms with Crippen LogP contribution in [0.15, 0.2) is 35.8 Å². The van der Waals surface area contributed by atoms with Gasteiger partial charge >= 0.3 is 6.18 Å². The van der Waals surface area contributed by atoms with Gasteiger partial charge in [0.1, 0.15) is 5.69 Å². The van der Waals surface area contributed by atoms with Crippen molar-refractivity contribution in [3.05, 3.63) is 62.5 Å². The number of carbonyl (C=O) groups is 2. The number of nitrogens with zero attached hydrogens (tertiary/aromatic N) is 3. The van der Waals surface area contributed by atoms with Crippen LogP contribution in [0.1, 0.15) is 55.1 Å². The number of nitrogens with one attached hydrogen (secondary N) is 1. The third kappa shape index (κ3) is 4.83. The van der Waals surface area contributed by atoms with Crippen molar-refractivity contribution in [2.24, 2.45) is 0 Å². The molecule has 1 aliphatic rings. The zero-order chi connectivity index (χ0) is 22.9. The molecule has 1 aliphatic heterocycles. The van der Waals surface area contributed by atoms with Crippen molar-refractivity contribution in [1.82, 2.24) is 14.9 Å². The smallest absolute Gasteiger partial charge is 0.339 e. The first-order valence-electron chi connectivity index (χ1n) is 9.87. The lowest BCUT2D eigenvalue weighted by atomic mass is 9.96. The summed E-state index contributed by atoms with van der Waals surface area (Å²) in [6, 6.07) is 4.85. The number of piperidine rings is 1. The fourth-order valence-electron chi connectivity index (χ4n) is 3.57. The van der Waals surface area contributed by atoms with E-state index in [0.29, 0.717) is 36.8 Å². The number of rotatable bonds is 4. The number of thiazole rings is 2. The molecule has 2 amide bonds. The predicted octanol–water partition coefficient (Wildman–Crippen LogP) is 5.20. The van der Waals surface area contributed by atoms with E-state index in [-0.39, 0.29) is 17.4 Å². The summed E-state index contributed by atoms with van der Waals surface area (Å²) in [5.41, 5.74) is -0.947. The highest BCUT2D eigenvalue weighted by Gasteiger charge is 2.36. The van der Waals surface area contributed by atoms with Crippen LogP contribution in [-0.4, -0.2) is 39.8 Å². The quantitative estimate of drug-likeness (QED) is 0.557. The second-order valence-corrected chi connectivity index (χ2v) is 9.54. The van der Waals surface area contributed by atoms with Gasteiger partial charge in [0.25, 0.3) is 11.8 Å². The largest absolute Gasteiger partial charge is 0.417 e. The van der Waals surface area contributed by atoms with Gasteiger partial charge in [-0.3, -0.25) is 14.9 Å². The number of likely N-dealkylation sites (tertiary alicyclic amines) is 1. The van der Waals surface area contributed by atoms with E-state index in [9.17, 15) is 22.8 Å². The fraction of sp³-hybridized carbons (Fsp3) is 0.333. The Morgan fingerprint density at radius 1 is 1.19 bits per heavy atom. The minimum Gasteiger partial charge on any atom is -0.339 e. The highest BCUT2D eigenvalue weighted by atomic mass is 32.1. The lowest BCUT2D eigenvalue weighted by molar-refractivity contribution is -0.138. The molecule has 168 valence electrons. The monoisotopic (exact) mass is 480 g/mol. The minimum absolute atomic E-state index is 0.0468. The van der Waals surface area contributed by atoms with Gasteiger partial charge in [0.05, 0.1) is 16.1 Å². The maximum atomic E-state index is 13.3. The second-order valence-electron chi connectivity index (χ2n) is 7.41. The van der Waals surface area contributed by atoms with Crippen molar-refractivity contribution >= 4 is 39.6 Å². The zero-order valence-corrected chi connectivity index (χ0v) is 18.6. The van der Waals surface area contributed by atoms with E-state index in [0.717, 1.165) is 16.0 Å². The zero-order valence-electron chi connectivity index (χ0n) is 17.0. The molecule has 1 saturated heterocycles. The van der Waals surface area contributed by atoms with Gasteiger partial charge in [-0.15, -0.1) is 22.7 Å². The van der Waals surface area contributed by atoms with Gasteiger partial charge in [0, 0.05) is 35.5 Å². The molecule has 1 fully saturated rings. The molecule has 11 heteroatoms. The predicted molar refractivity (Wildman–Crippen MR) is 116 cm³/mol. The molecule has 0 unspecified atom stereocenters. The Balaban J connectivity index is 1.38. The van der Waals surface area contributed by atoms with Crippen molar-refractivity contribution in [2.75, 3.05) is 18.4 Å². The molecule has 32 heavy (non-hydrogen) atoms. The molecule has 0 radical (unpaired) electrons. The highest BCUT2D eigenvalue weighted by Crippen LogP contribution is 2.34. The molecule has 0 atom stereocenters. The summed E-state index contributed by atoms with van der Waals surface area (Å²) in [5, 5.41) is 5.70. The first kappa shape index (κ1) is 22.4. The van der Waals surface area contributed by atoms with Crippen molar-refractivity contribution in [2.45, 2.75) is 31.9 Å². The number of anilines is 1. The van der Waals surface area contributed by atoms with E-state index in [1.54, 1.807) is 11.6 Å². The van der Waals surface area contributed by atoms with Gasteiger partial charge in [-0.2, -0.15) is 13.2 Å². The normalized spacial score (nSPS) is 15.1. The number of benzene rings is 1. The lowest BCUT2D eigenvalue weighted by Crippen LogP contribution is -2.38. The summed E-state index contributed by atoms with van der Waals surface area (Å²) in [6.45, 7) is 2.55. The van der Waals surface area contributed by atoms with Gasteiger partial charge in [0.15, 0.2) is 5.13 Å². The standard InChI is InChI=1S/C21H19F3N4O2S2/c1-12-10-25-20(32-12)27-17(29)16-11-31-18(26-16)13-6-8-28(9-7-13)19(30)14-4-2-3-5-15(14)21(22,23)24/h2-5,10-11,13H,6-9H2,1H3,(H,25,27,29). The highest BCUT2D eigenvalue weighted by molar-refractivity contribution is 7.15. The van der Waals surface area contributed by atoms with Crippen molar-refractivity contribution in [3.8, 4) is 0 Å². The summed E-state index contributed by atoms with van der Waals surface area (Å²) in [7, 11) is 0. The van der Waals surface area contributed by atoms with E-state index in [1.807, 2.05) is 6.92 Å². The first-order chi connectivity index (χ1) is 15.2. The molecule has 2 aromatic heterocycles. The number of hydrogen-bond donors (Lipinski definition) is 1. The van der Waals surface area contributed by atoms with Crippen molar-refractivity contribution in [1.29, 1.82) is 0 Å². The molecule has 3 aromatic rings. The maximum absolute atomic E-state index is 13.3. The van der Waals surface area contributed by atoms with Crippen LogP contribution >= 0.6 is 22.7 Å². The fourth-order valence-corrected chi connectivity index (χ4v) is 5.20. The average Bonchev–Trinajstić information content (AvgIpc) is 3.42. The number of aryl methyl sites for hydroxylation is 1. The topological polar surface area (TPSA) is 75.2 Å². The summed E-state index contributed by atoms with van der Waals surface area (Å²) in [6.07, 6.45) is -1.77. The number of amides is 2. The summed E-state index contributed by atoms with van der Waals surface area (Å²) in [5.74, 6) is -0.905. The van der Waals surface area contributed by atoms with Gasteiger partial charge < -0.3 is 4.90 Å². The van der Waals surface area contributed by atoms with Gasteiger partial charge in [0.2, 0.25) is 0 Å². The molecule has 0 bridgehead atoms. The minimum atomic E-state index is -4.58. The molecular weight excluding hydrogens is 461 g/mol. The molecule has 0 saturated carbocycles. The van der Waals surface area contributed by atoms with Crippen molar-refractivity contribution in [3.63, 3.8) is 0 Å². The summed E-state index contributed by atoms with van der Waals surface area (Å²) in [4.78, 5) is 36.1. The van der Waals surface area contributed by atoms with Crippen LogP contribution in [-0.2, 0) is 6.18 Å². The number of carbonyl (C=O) groups excluding carboxylic acids is 2. The van der Waals surface area contributed by atoms with E-state index in [2.05, 4.69) is 15.3 Å². The molecule has 0 aliphatic carbocycles. The van der Waals surface area contributed by atoms with Crippen LogP contribution in [0.3, 0.4) is 0 Å². The maximum Gasteiger partial charge on any atom is 0.417 e. The number of aromatic nitrogens is 2. The Hall–Kier alpha value is -2.79. The number of halogens is 3. The Kier molecular flexibility index (Phi) is 6.29.